The highest BCUT2D eigenvalue weighted by Gasteiger charge is 2.49. The number of ether oxygens (including phenoxy) is 1. The standard InChI is InChI=1S/C18H14N3O3/c1-2-24-13-9-7-12(8-10-13)20-17(22)16-11-19-14-5-3-4-6-15(14)21(16)18(20)23/h3-11H,2H2,1H3/q+1/p+1. The van der Waals surface area contributed by atoms with E-state index in [-0.39, 0.29) is 11.9 Å². The minimum atomic E-state index is -0.385. The van der Waals surface area contributed by atoms with Crippen LogP contribution in [0.1, 0.15) is 17.4 Å². The summed E-state index contributed by atoms with van der Waals surface area (Å²) < 4.78 is 6.83. The van der Waals surface area contributed by atoms with Crippen LogP contribution in [0.3, 0.4) is 0 Å². The number of fused-ring (bicyclic) bond motifs is 3. The predicted octanol–water partition coefficient (Wildman–Crippen LogP) is 1.97. The number of nitrogens with zero attached hydrogens (tertiary/aromatic N) is 2. The number of hydrogen-bond acceptors (Lipinski definition) is 3. The summed E-state index contributed by atoms with van der Waals surface area (Å²) in [5, 5.41) is 0. The number of hydrogen-bond donors (Lipinski definition) is 0. The van der Waals surface area contributed by atoms with Crippen LogP contribution in [-0.2, 0) is 0 Å². The fraction of sp³-hybridized carbons (Fsp3) is 0.111. The second kappa shape index (κ2) is 5.42. The van der Waals surface area contributed by atoms with Crippen molar-refractivity contribution in [1.29, 1.82) is 0 Å². The molecule has 0 unspecified atom stereocenters. The molecule has 1 N–H and O–H groups in total. The van der Waals surface area contributed by atoms with E-state index in [0.717, 1.165) is 5.52 Å². The number of nitrogens with one attached hydrogen (secondary N) is 1. The smallest absolute Gasteiger partial charge is 0.494 e. The highest BCUT2D eigenvalue weighted by Crippen LogP contribution is 2.24. The zero-order valence-corrected chi connectivity index (χ0v) is 13.0. The van der Waals surface area contributed by atoms with E-state index in [2.05, 4.69) is 4.98 Å². The first-order valence-electron chi connectivity index (χ1n) is 7.68. The van der Waals surface area contributed by atoms with Gasteiger partial charge in [0.15, 0.2) is 0 Å². The SMILES string of the molecule is CCOc1ccc(N2C(=O)c3c[nH+]c4ccccc4[n+]3C2=O)cc1. The maximum atomic E-state index is 12.9. The van der Waals surface area contributed by atoms with Gasteiger partial charge in [-0.1, -0.05) is 12.1 Å². The molecule has 0 atom stereocenters. The molecule has 0 saturated carbocycles. The molecule has 3 aromatic rings. The van der Waals surface area contributed by atoms with Crippen LogP contribution in [-0.4, -0.2) is 18.5 Å². The van der Waals surface area contributed by atoms with E-state index in [1.54, 1.807) is 30.5 Å². The number of H-pyrrole nitrogens is 1. The molecule has 0 radical (unpaired) electrons. The average molecular weight is 321 g/mol. The Labute approximate surface area is 137 Å². The normalized spacial score (nSPS) is 13.5. The van der Waals surface area contributed by atoms with Gasteiger partial charge in [0.1, 0.15) is 11.4 Å². The second-order valence-electron chi connectivity index (χ2n) is 5.38. The Bertz CT molecular complexity index is 967. The zero-order chi connectivity index (χ0) is 16.7. The number of carbonyl (C=O) groups is 2. The molecule has 24 heavy (non-hydrogen) atoms. The Morgan fingerprint density at radius 3 is 2.58 bits per heavy atom. The molecule has 2 aromatic carbocycles. The molecule has 4 rings (SSSR count). The molecule has 1 aromatic heterocycles. The van der Waals surface area contributed by atoms with Gasteiger partial charge in [0.25, 0.3) is 11.2 Å². The first-order valence-corrected chi connectivity index (χ1v) is 7.68. The van der Waals surface area contributed by atoms with Crippen molar-refractivity contribution in [3.8, 4) is 5.75 Å². The van der Waals surface area contributed by atoms with Crippen molar-refractivity contribution in [3.05, 3.63) is 60.4 Å². The molecule has 0 fully saturated rings. The Kier molecular flexibility index (Phi) is 3.23. The number of aromatic amines is 1. The summed E-state index contributed by atoms with van der Waals surface area (Å²) in [5.74, 6) is 0.343. The maximum Gasteiger partial charge on any atom is 0.512 e. The first-order chi connectivity index (χ1) is 11.7. The van der Waals surface area contributed by atoms with Gasteiger partial charge < -0.3 is 4.74 Å². The van der Waals surface area contributed by atoms with Crippen LogP contribution in [0.5, 0.6) is 5.75 Å². The number of anilines is 1. The van der Waals surface area contributed by atoms with Crippen LogP contribution < -0.4 is 19.2 Å². The number of benzene rings is 2. The van der Waals surface area contributed by atoms with Gasteiger partial charge in [-0.25, -0.2) is 9.78 Å². The van der Waals surface area contributed by atoms with Gasteiger partial charge in [-0.3, -0.25) is 0 Å². The van der Waals surface area contributed by atoms with Gasteiger partial charge in [-0.05, 0) is 37.3 Å². The van der Waals surface area contributed by atoms with Crippen LogP contribution >= 0.6 is 0 Å². The molecule has 118 valence electrons. The topological polar surface area (TPSA) is 64.6 Å². The summed E-state index contributed by atoms with van der Waals surface area (Å²) in [6.45, 7) is 2.46. The molecule has 0 saturated heterocycles. The number of aromatic nitrogens is 2. The molecule has 6 heteroatoms. The lowest BCUT2D eigenvalue weighted by molar-refractivity contribution is -0.551. The average Bonchev–Trinajstić information content (AvgIpc) is 2.87. The van der Waals surface area contributed by atoms with E-state index in [1.165, 1.54) is 9.47 Å². The highest BCUT2D eigenvalue weighted by molar-refractivity contribution is 6.21. The van der Waals surface area contributed by atoms with Gasteiger partial charge in [-0.15, -0.1) is 9.47 Å². The van der Waals surface area contributed by atoms with Crippen molar-refractivity contribution in [2.75, 3.05) is 11.5 Å². The van der Waals surface area contributed by atoms with Crippen molar-refractivity contribution in [3.63, 3.8) is 0 Å². The summed E-state index contributed by atoms with van der Waals surface area (Å²) in [6, 6.07) is 13.9. The fourth-order valence-corrected chi connectivity index (χ4v) is 2.88. The number of rotatable bonds is 3. The molecule has 0 bridgehead atoms. The van der Waals surface area contributed by atoms with Crippen molar-refractivity contribution in [1.82, 2.24) is 0 Å². The minimum absolute atomic E-state index is 0.313. The summed E-state index contributed by atoms with van der Waals surface area (Å²) in [4.78, 5) is 29.8. The third-order valence-corrected chi connectivity index (χ3v) is 3.96. The van der Waals surface area contributed by atoms with Crippen LogP contribution in [0.4, 0.5) is 10.5 Å². The zero-order valence-electron chi connectivity index (χ0n) is 13.0. The van der Waals surface area contributed by atoms with Crippen LogP contribution in [0, 0.1) is 0 Å². The summed E-state index contributed by atoms with van der Waals surface area (Å²) >= 11 is 0. The molecule has 0 spiro atoms. The molecule has 1 aliphatic heterocycles. The fourth-order valence-electron chi connectivity index (χ4n) is 2.88. The van der Waals surface area contributed by atoms with E-state index in [0.29, 0.717) is 29.3 Å². The highest BCUT2D eigenvalue weighted by atomic mass is 16.5. The number of imide groups is 1. The Hall–Kier alpha value is -3.28. The van der Waals surface area contributed by atoms with E-state index in [9.17, 15) is 9.59 Å². The van der Waals surface area contributed by atoms with E-state index in [4.69, 9.17) is 4.74 Å². The van der Waals surface area contributed by atoms with Crippen molar-refractivity contribution < 1.29 is 23.9 Å². The molecule has 6 nitrogen and oxygen atoms in total. The lowest BCUT2D eigenvalue weighted by atomic mass is 10.2. The number of carbonyl (C=O) groups excluding carboxylic acids is 2. The molecule has 2 heterocycles. The largest absolute Gasteiger partial charge is 0.512 e. The van der Waals surface area contributed by atoms with Crippen LogP contribution in [0.25, 0.3) is 11.0 Å². The van der Waals surface area contributed by atoms with E-state index in [1.807, 2.05) is 31.2 Å². The van der Waals surface area contributed by atoms with Crippen molar-refractivity contribution in [2.45, 2.75) is 6.92 Å². The first kappa shape index (κ1) is 14.3. The third-order valence-electron chi connectivity index (χ3n) is 3.96. The van der Waals surface area contributed by atoms with Crippen LogP contribution in [0.15, 0.2) is 54.7 Å². The third kappa shape index (κ3) is 2.04. The minimum Gasteiger partial charge on any atom is -0.494 e. The molecule has 2 amide bonds. The Morgan fingerprint density at radius 2 is 1.83 bits per heavy atom. The number of amides is 2. The monoisotopic (exact) mass is 321 g/mol. The lowest BCUT2D eigenvalue weighted by Crippen LogP contribution is -2.47. The quantitative estimate of drug-likeness (QED) is 0.693. The lowest BCUT2D eigenvalue weighted by Gasteiger charge is -2.06. The molecule has 1 aliphatic rings. The van der Waals surface area contributed by atoms with Gasteiger partial charge >= 0.3 is 11.9 Å². The summed E-state index contributed by atoms with van der Waals surface area (Å²) in [7, 11) is 0. The molecular weight excluding hydrogens is 306 g/mol. The van der Waals surface area contributed by atoms with E-state index >= 15 is 0 Å². The summed E-state index contributed by atoms with van der Waals surface area (Å²) in [5.41, 5.74) is 2.28. The van der Waals surface area contributed by atoms with Gasteiger partial charge in [-0.2, -0.15) is 4.79 Å². The Balaban J connectivity index is 1.80. The Morgan fingerprint density at radius 1 is 1.08 bits per heavy atom. The molecular formula is C18H15N3O3+2. The predicted molar refractivity (Wildman–Crippen MR) is 85.9 cm³/mol. The van der Waals surface area contributed by atoms with Gasteiger partial charge in [0, 0.05) is 6.07 Å². The van der Waals surface area contributed by atoms with E-state index < -0.39 is 0 Å². The summed E-state index contributed by atoms with van der Waals surface area (Å²) in [6.07, 6.45) is 1.57. The number of para-hydroxylation sites is 2. The van der Waals surface area contributed by atoms with Gasteiger partial charge in [0.2, 0.25) is 11.7 Å². The van der Waals surface area contributed by atoms with Crippen molar-refractivity contribution in [2.24, 2.45) is 0 Å². The van der Waals surface area contributed by atoms with Gasteiger partial charge in [0.05, 0.1) is 6.61 Å². The molecule has 0 aliphatic carbocycles. The second-order valence-corrected chi connectivity index (χ2v) is 5.38. The maximum absolute atomic E-state index is 12.9. The van der Waals surface area contributed by atoms with Crippen molar-refractivity contribution >= 4 is 28.7 Å². The van der Waals surface area contributed by atoms with Crippen LogP contribution in [0.2, 0.25) is 0 Å².